The second-order valence-electron chi connectivity index (χ2n) is 7.64. The van der Waals surface area contributed by atoms with Crippen molar-refractivity contribution in [1.29, 1.82) is 0 Å². The molecular formula is C24H29N5O. The van der Waals surface area contributed by atoms with Crippen LogP contribution in [0.15, 0.2) is 73.1 Å². The van der Waals surface area contributed by atoms with Crippen molar-refractivity contribution in [3.63, 3.8) is 0 Å². The SMILES string of the molecule is O=C(CCc1cnn(-c2ccccc2)c1)NCCN1CCN(c2ccccc2)CC1. The molecule has 0 bridgehead atoms. The summed E-state index contributed by atoms with van der Waals surface area (Å²) in [7, 11) is 0. The van der Waals surface area contributed by atoms with Gasteiger partial charge in [-0.05, 0) is 36.2 Å². The lowest BCUT2D eigenvalue weighted by molar-refractivity contribution is -0.121. The van der Waals surface area contributed by atoms with Gasteiger partial charge in [0.15, 0.2) is 0 Å². The molecule has 6 nitrogen and oxygen atoms in total. The first-order valence-corrected chi connectivity index (χ1v) is 10.7. The van der Waals surface area contributed by atoms with Crippen molar-refractivity contribution in [2.75, 3.05) is 44.2 Å². The minimum absolute atomic E-state index is 0.102. The maximum Gasteiger partial charge on any atom is 0.220 e. The highest BCUT2D eigenvalue weighted by Crippen LogP contribution is 2.15. The molecule has 1 aromatic heterocycles. The van der Waals surface area contributed by atoms with Crippen molar-refractivity contribution in [3.8, 4) is 5.69 Å². The Bertz CT molecular complexity index is 917. The van der Waals surface area contributed by atoms with Gasteiger partial charge in [0.05, 0.1) is 11.9 Å². The summed E-state index contributed by atoms with van der Waals surface area (Å²) in [5.74, 6) is 0.102. The van der Waals surface area contributed by atoms with Crippen LogP contribution < -0.4 is 10.2 Å². The summed E-state index contributed by atoms with van der Waals surface area (Å²) in [6, 6.07) is 20.6. The number of carbonyl (C=O) groups is 1. The Labute approximate surface area is 178 Å². The van der Waals surface area contributed by atoms with E-state index in [4.69, 9.17) is 0 Å². The van der Waals surface area contributed by atoms with Gasteiger partial charge in [-0.3, -0.25) is 9.69 Å². The molecule has 2 aromatic carbocycles. The summed E-state index contributed by atoms with van der Waals surface area (Å²) in [6.07, 6.45) is 5.03. The van der Waals surface area contributed by atoms with Gasteiger partial charge in [-0.2, -0.15) is 5.10 Å². The summed E-state index contributed by atoms with van der Waals surface area (Å²) in [5.41, 5.74) is 3.40. The van der Waals surface area contributed by atoms with Crippen LogP contribution >= 0.6 is 0 Å². The lowest BCUT2D eigenvalue weighted by atomic mass is 10.2. The lowest BCUT2D eigenvalue weighted by Crippen LogP contribution is -2.48. The van der Waals surface area contributed by atoms with Gasteiger partial charge in [0.2, 0.25) is 5.91 Å². The standard InChI is InChI=1S/C24H29N5O/c30-24(12-11-21-19-26-29(20-21)23-9-5-2-6-10-23)25-13-14-27-15-17-28(18-16-27)22-7-3-1-4-8-22/h1-10,19-20H,11-18H2,(H,25,30). The zero-order valence-electron chi connectivity index (χ0n) is 17.3. The number of hydrogen-bond donors (Lipinski definition) is 1. The third-order valence-electron chi connectivity index (χ3n) is 5.54. The number of nitrogens with zero attached hydrogens (tertiary/aromatic N) is 4. The normalized spacial score (nSPS) is 14.6. The quantitative estimate of drug-likeness (QED) is 0.628. The van der Waals surface area contributed by atoms with Gasteiger partial charge >= 0.3 is 0 Å². The number of hydrogen-bond acceptors (Lipinski definition) is 4. The Kier molecular flexibility index (Phi) is 6.77. The highest BCUT2D eigenvalue weighted by Gasteiger charge is 2.16. The van der Waals surface area contributed by atoms with E-state index in [2.05, 4.69) is 50.5 Å². The van der Waals surface area contributed by atoms with Crippen molar-refractivity contribution >= 4 is 11.6 Å². The van der Waals surface area contributed by atoms with Crippen LogP contribution in [0.5, 0.6) is 0 Å². The number of carbonyl (C=O) groups excluding carboxylic acids is 1. The van der Waals surface area contributed by atoms with E-state index in [0.717, 1.165) is 44.0 Å². The molecule has 1 amide bonds. The van der Waals surface area contributed by atoms with E-state index in [9.17, 15) is 4.79 Å². The van der Waals surface area contributed by atoms with Crippen LogP contribution in [-0.2, 0) is 11.2 Å². The molecule has 2 heterocycles. The number of aryl methyl sites for hydroxylation is 1. The van der Waals surface area contributed by atoms with Crippen molar-refractivity contribution in [2.24, 2.45) is 0 Å². The monoisotopic (exact) mass is 403 g/mol. The average Bonchev–Trinajstić information content (AvgIpc) is 3.29. The molecule has 4 rings (SSSR count). The fraction of sp³-hybridized carbons (Fsp3) is 0.333. The Morgan fingerprint density at radius 2 is 1.57 bits per heavy atom. The van der Waals surface area contributed by atoms with Gasteiger partial charge in [-0.1, -0.05) is 36.4 Å². The number of amides is 1. The van der Waals surface area contributed by atoms with Crippen LogP contribution in [0.25, 0.3) is 5.69 Å². The first kappa shape index (κ1) is 20.2. The van der Waals surface area contributed by atoms with Crippen molar-refractivity contribution in [1.82, 2.24) is 20.0 Å². The van der Waals surface area contributed by atoms with Crippen molar-refractivity contribution in [3.05, 3.63) is 78.6 Å². The van der Waals surface area contributed by atoms with Gasteiger partial charge < -0.3 is 10.2 Å². The molecule has 6 heteroatoms. The first-order chi connectivity index (χ1) is 14.8. The first-order valence-electron chi connectivity index (χ1n) is 10.7. The fourth-order valence-corrected chi connectivity index (χ4v) is 3.78. The molecule has 1 saturated heterocycles. The number of piperazine rings is 1. The Morgan fingerprint density at radius 3 is 2.27 bits per heavy atom. The number of benzene rings is 2. The topological polar surface area (TPSA) is 53.4 Å². The molecule has 0 radical (unpaired) electrons. The Morgan fingerprint density at radius 1 is 0.900 bits per heavy atom. The van der Waals surface area contributed by atoms with E-state index < -0.39 is 0 Å². The number of nitrogens with one attached hydrogen (secondary N) is 1. The van der Waals surface area contributed by atoms with E-state index in [1.54, 1.807) is 0 Å². The van der Waals surface area contributed by atoms with Crippen LogP contribution in [0.2, 0.25) is 0 Å². The molecule has 0 atom stereocenters. The Balaban J connectivity index is 1.13. The molecule has 0 aliphatic carbocycles. The predicted octanol–water partition coefficient (Wildman–Crippen LogP) is 2.74. The second kappa shape index (κ2) is 10.1. The smallest absolute Gasteiger partial charge is 0.220 e. The zero-order chi connectivity index (χ0) is 20.6. The maximum absolute atomic E-state index is 12.2. The van der Waals surface area contributed by atoms with Crippen LogP contribution in [-0.4, -0.2) is 59.9 Å². The minimum atomic E-state index is 0.102. The molecular weight excluding hydrogens is 374 g/mol. The largest absolute Gasteiger partial charge is 0.369 e. The van der Waals surface area contributed by atoms with Crippen LogP contribution in [0.1, 0.15) is 12.0 Å². The summed E-state index contributed by atoms with van der Waals surface area (Å²) in [5, 5.41) is 7.45. The number of anilines is 1. The third-order valence-corrected chi connectivity index (χ3v) is 5.54. The molecule has 0 spiro atoms. The van der Waals surface area contributed by atoms with E-state index in [0.29, 0.717) is 19.4 Å². The van der Waals surface area contributed by atoms with Crippen molar-refractivity contribution in [2.45, 2.75) is 12.8 Å². The number of aromatic nitrogens is 2. The molecule has 0 saturated carbocycles. The predicted molar refractivity (Wildman–Crippen MR) is 120 cm³/mol. The lowest BCUT2D eigenvalue weighted by Gasteiger charge is -2.36. The van der Waals surface area contributed by atoms with Gasteiger partial charge in [0.25, 0.3) is 0 Å². The van der Waals surface area contributed by atoms with Gasteiger partial charge in [0, 0.05) is 57.6 Å². The summed E-state index contributed by atoms with van der Waals surface area (Å²) in [6.45, 7) is 5.73. The summed E-state index contributed by atoms with van der Waals surface area (Å²) >= 11 is 0. The van der Waals surface area contributed by atoms with Crippen LogP contribution in [0.4, 0.5) is 5.69 Å². The van der Waals surface area contributed by atoms with E-state index >= 15 is 0 Å². The highest BCUT2D eigenvalue weighted by molar-refractivity contribution is 5.76. The highest BCUT2D eigenvalue weighted by atomic mass is 16.1. The maximum atomic E-state index is 12.2. The summed E-state index contributed by atoms with van der Waals surface area (Å²) in [4.78, 5) is 17.0. The van der Waals surface area contributed by atoms with Crippen molar-refractivity contribution < 1.29 is 4.79 Å². The second-order valence-corrected chi connectivity index (χ2v) is 7.64. The molecule has 1 aliphatic rings. The number of rotatable bonds is 8. The van der Waals surface area contributed by atoms with E-state index in [1.807, 2.05) is 47.4 Å². The molecule has 1 fully saturated rings. The average molecular weight is 404 g/mol. The number of para-hydroxylation sites is 2. The fourth-order valence-electron chi connectivity index (χ4n) is 3.78. The summed E-state index contributed by atoms with van der Waals surface area (Å²) < 4.78 is 1.85. The van der Waals surface area contributed by atoms with Crippen LogP contribution in [0, 0.1) is 0 Å². The molecule has 30 heavy (non-hydrogen) atoms. The molecule has 156 valence electrons. The van der Waals surface area contributed by atoms with Gasteiger partial charge in [0.1, 0.15) is 0 Å². The Hall–Kier alpha value is -3.12. The van der Waals surface area contributed by atoms with Gasteiger partial charge in [-0.15, -0.1) is 0 Å². The van der Waals surface area contributed by atoms with E-state index in [1.165, 1.54) is 5.69 Å². The minimum Gasteiger partial charge on any atom is -0.369 e. The molecule has 0 unspecified atom stereocenters. The zero-order valence-corrected chi connectivity index (χ0v) is 17.3. The van der Waals surface area contributed by atoms with Gasteiger partial charge in [-0.25, -0.2) is 4.68 Å². The van der Waals surface area contributed by atoms with E-state index in [-0.39, 0.29) is 5.91 Å². The molecule has 1 aliphatic heterocycles. The molecule has 1 N–H and O–H groups in total. The molecule has 3 aromatic rings. The van der Waals surface area contributed by atoms with Crippen LogP contribution in [0.3, 0.4) is 0 Å². The third kappa shape index (κ3) is 5.48.